The highest BCUT2D eigenvalue weighted by molar-refractivity contribution is 6.34. The summed E-state index contributed by atoms with van der Waals surface area (Å²) >= 11 is 12.6. The smallest absolute Gasteiger partial charge is 0.291 e. The fourth-order valence-corrected chi connectivity index (χ4v) is 4.48. The Balaban J connectivity index is 1.45. The molecule has 2 aromatic carbocycles. The van der Waals surface area contributed by atoms with E-state index in [1.807, 2.05) is 24.3 Å². The van der Waals surface area contributed by atoms with Gasteiger partial charge in [-0.3, -0.25) is 9.59 Å². The highest BCUT2D eigenvalue weighted by atomic mass is 35.5. The van der Waals surface area contributed by atoms with Gasteiger partial charge in [-0.25, -0.2) is 0 Å². The molecular formula is C25H24Cl2N2O4. The predicted molar refractivity (Wildman–Crippen MR) is 128 cm³/mol. The van der Waals surface area contributed by atoms with Gasteiger partial charge in [-0.15, -0.1) is 0 Å². The molecule has 0 saturated carbocycles. The van der Waals surface area contributed by atoms with Gasteiger partial charge < -0.3 is 19.8 Å². The van der Waals surface area contributed by atoms with Crippen molar-refractivity contribution in [3.8, 4) is 0 Å². The monoisotopic (exact) mass is 486 g/mol. The van der Waals surface area contributed by atoms with E-state index in [4.69, 9.17) is 32.4 Å². The highest BCUT2D eigenvalue weighted by Crippen LogP contribution is 2.35. The topological polar surface area (TPSA) is 80.6 Å². The first-order valence-corrected chi connectivity index (χ1v) is 11.4. The zero-order valence-corrected chi connectivity index (χ0v) is 19.6. The van der Waals surface area contributed by atoms with Crippen molar-refractivity contribution in [2.75, 3.05) is 25.1 Å². The summed E-state index contributed by atoms with van der Waals surface area (Å²) in [6, 6.07) is 15.8. The first-order valence-electron chi connectivity index (χ1n) is 10.7. The van der Waals surface area contributed by atoms with Crippen molar-refractivity contribution in [2.45, 2.75) is 25.2 Å². The van der Waals surface area contributed by atoms with Crippen LogP contribution in [0.3, 0.4) is 0 Å². The maximum atomic E-state index is 13.0. The molecule has 1 aliphatic rings. The standard InChI is InChI=1S/C25H24Cl2N2O4/c1-16-5-8-22(33-16)24(31)29-19-6-7-20(21(27)14-19)23(30)28-15-25(9-11-32-12-10-25)17-3-2-4-18(26)13-17/h2-8,13-14H,9-12,15H2,1H3,(H,28,30)(H,29,31). The van der Waals surface area contributed by atoms with Crippen molar-refractivity contribution < 1.29 is 18.7 Å². The number of benzene rings is 2. The summed E-state index contributed by atoms with van der Waals surface area (Å²) in [4.78, 5) is 25.2. The van der Waals surface area contributed by atoms with Gasteiger partial charge in [0.25, 0.3) is 11.8 Å². The molecule has 4 rings (SSSR count). The molecule has 6 nitrogen and oxygen atoms in total. The average Bonchev–Trinajstić information content (AvgIpc) is 3.25. The second-order valence-corrected chi connectivity index (χ2v) is 8.99. The van der Waals surface area contributed by atoms with Gasteiger partial charge in [0.2, 0.25) is 0 Å². The van der Waals surface area contributed by atoms with Crippen LogP contribution in [0.2, 0.25) is 10.0 Å². The van der Waals surface area contributed by atoms with E-state index in [0.717, 1.165) is 18.4 Å². The van der Waals surface area contributed by atoms with E-state index in [1.165, 1.54) is 0 Å². The number of furan rings is 1. The molecule has 2 heterocycles. The lowest BCUT2D eigenvalue weighted by Crippen LogP contribution is -2.44. The van der Waals surface area contributed by atoms with E-state index in [2.05, 4.69) is 10.6 Å². The molecule has 2 N–H and O–H groups in total. The van der Waals surface area contributed by atoms with Gasteiger partial charge >= 0.3 is 0 Å². The Morgan fingerprint density at radius 3 is 2.45 bits per heavy atom. The van der Waals surface area contributed by atoms with E-state index in [9.17, 15) is 9.59 Å². The zero-order chi connectivity index (χ0) is 23.4. The molecule has 8 heteroatoms. The number of carbonyl (C=O) groups excluding carboxylic acids is 2. The summed E-state index contributed by atoms with van der Waals surface area (Å²) in [6.07, 6.45) is 1.55. The SMILES string of the molecule is Cc1ccc(C(=O)Nc2ccc(C(=O)NCC3(c4cccc(Cl)c4)CCOCC3)c(Cl)c2)o1. The molecule has 0 atom stereocenters. The third-order valence-electron chi connectivity index (χ3n) is 5.91. The first kappa shape index (κ1) is 23.4. The zero-order valence-electron chi connectivity index (χ0n) is 18.1. The van der Waals surface area contributed by atoms with Crippen LogP contribution in [0.25, 0.3) is 0 Å². The van der Waals surface area contributed by atoms with Crippen LogP contribution in [0.5, 0.6) is 0 Å². The molecular weight excluding hydrogens is 463 g/mol. The molecule has 1 fully saturated rings. The molecule has 1 saturated heterocycles. The Hall–Kier alpha value is -2.80. The second kappa shape index (κ2) is 10.00. The number of halogens is 2. The third kappa shape index (κ3) is 5.41. The summed E-state index contributed by atoms with van der Waals surface area (Å²) in [5.41, 5.74) is 1.61. The summed E-state index contributed by atoms with van der Waals surface area (Å²) < 4.78 is 10.9. The Bertz CT molecular complexity index is 1170. The van der Waals surface area contributed by atoms with Crippen LogP contribution in [0.4, 0.5) is 5.69 Å². The van der Waals surface area contributed by atoms with Crippen molar-refractivity contribution in [1.29, 1.82) is 0 Å². The van der Waals surface area contributed by atoms with Gasteiger partial charge in [-0.2, -0.15) is 0 Å². The van der Waals surface area contributed by atoms with Crippen LogP contribution >= 0.6 is 23.2 Å². The van der Waals surface area contributed by atoms with Crippen LogP contribution in [0.1, 0.15) is 45.1 Å². The normalized spacial score (nSPS) is 15.1. The largest absolute Gasteiger partial charge is 0.456 e. The number of ether oxygens (including phenoxy) is 1. The van der Waals surface area contributed by atoms with E-state index in [1.54, 1.807) is 37.3 Å². The first-order chi connectivity index (χ1) is 15.9. The predicted octanol–water partition coefficient (Wildman–Crippen LogP) is 5.63. The Morgan fingerprint density at radius 2 is 1.79 bits per heavy atom. The molecule has 1 aliphatic heterocycles. The van der Waals surface area contributed by atoms with Crippen LogP contribution in [-0.2, 0) is 10.2 Å². The fraction of sp³-hybridized carbons (Fsp3) is 0.280. The number of hydrogen-bond donors (Lipinski definition) is 2. The molecule has 0 spiro atoms. The Kier molecular flexibility index (Phi) is 7.08. The number of aryl methyl sites for hydroxylation is 1. The maximum Gasteiger partial charge on any atom is 0.291 e. The quantitative estimate of drug-likeness (QED) is 0.473. The van der Waals surface area contributed by atoms with E-state index in [0.29, 0.717) is 41.8 Å². The summed E-state index contributed by atoms with van der Waals surface area (Å²) in [7, 11) is 0. The third-order valence-corrected chi connectivity index (χ3v) is 6.46. The molecule has 3 aromatic rings. The number of rotatable bonds is 6. The van der Waals surface area contributed by atoms with E-state index < -0.39 is 0 Å². The number of anilines is 1. The summed E-state index contributed by atoms with van der Waals surface area (Å²) in [5, 5.41) is 6.66. The molecule has 172 valence electrons. The fourth-order valence-electron chi connectivity index (χ4n) is 4.02. The van der Waals surface area contributed by atoms with Crippen LogP contribution in [-0.4, -0.2) is 31.6 Å². The molecule has 2 amide bonds. The van der Waals surface area contributed by atoms with Gasteiger partial charge in [-0.05, 0) is 67.8 Å². The molecule has 0 radical (unpaired) electrons. The lowest BCUT2D eigenvalue weighted by atomic mass is 9.74. The highest BCUT2D eigenvalue weighted by Gasteiger charge is 2.35. The minimum absolute atomic E-state index is 0.202. The van der Waals surface area contributed by atoms with Gasteiger partial charge in [0.1, 0.15) is 5.76 Å². The van der Waals surface area contributed by atoms with Crippen LogP contribution in [0, 0.1) is 6.92 Å². The minimum Gasteiger partial charge on any atom is -0.456 e. The summed E-state index contributed by atoms with van der Waals surface area (Å²) in [5.74, 6) is 0.172. The molecule has 1 aromatic heterocycles. The number of nitrogens with one attached hydrogen (secondary N) is 2. The molecule has 33 heavy (non-hydrogen) atoms. The maximum absolute atomic E-state index is 13.0. The molecule has 0 aliphatic carbocycles. The minimum atomic E-state index is -0.389. The van der Waals surface area contributed by atoms with Crippen LogP contribution < -0.4 is 10.6 Å². The van der Waals surface area contributed by atoms with Gasteiger partial charge in [0.05, 0.1) is 10.6 Å². The molecule has 0 unspecified atom stereocenters. The van der Waals surface area contributed by atoms with Gasteiger partial charge in [0, 0.05) is 35.9 Å². The van der Waals surface area contributed by atoms with Gasteiger partial charge in [-0.1, -0.05) is 35.3 Å². The van der Waals surface area contributed by atoms with Gasteiger partial charge in [0.15, 0.2) is 5.76 Å². The van der Waals surface area contributed by atoms with Crippen LogP contribution in [0.15, 0.2) is 59.0 Å². The van der Waals surface area contributed by atoms with Crippen molar-refractivity contribution in [1.82, 2.24) is 5.32 Å². The molecule has 0 bridgehead atoms. The summed E-state index contributed by atoms with van der Waals surface area (Å²) in [6.45, 7) is 3.43. The van der Waals surface area contributed by atoms with Crippen molar-refractivity contribution in [3.63, 3.8) is 0 Å². The lowest BCUT2D eigenvalue weighted by Gasteiger charge is -2.38. The van der Waals surface area contributed by atoms with E-state index in [-0.39, 0.29) is 28.0 Å². The van der Waals surface area contributed by atoms with E-state index >= 15 is 0 Å². The lowest BCUT2D eigenvalue weighted by molar-refractivity contribution is 0.0487. The second-order valence-electron chi connectivity index (χ2n) is 8.14. The van der Waals surface area contributed by atoms with Crippen molar-refractivity contribution in [2.24, 2.45) is 0 Å². The Labute approximate surface area is 202 Å². The Morgan fingerprint density at radius 1 is 1.00 bits per heavy atom. The number of amides is 2. The van der Waals surface area contributed by atoms with Crippen molar-refractivity contribution >= 4 is 40.7 Å². The number of carbonyl (C=O) groups is 2. The average molecular weight is 487 g/mol. The van der Waals surface area contributed by atoms with Crippen molar-refractivity contribution in [3.05, 3.63) is 87.3 Å². The number of hydrogen-bond acceptors (Lipinski definition) is 4.